The van der Waals surface area contributed by atoms with E-state index in [2.05, 4.69) is 14.2 Å². The molecule has 13 heavy (non-hydrogen) atoms. The molecule has 0 radical (unpaired) electrons. The van der Waals surface area contributed by atoms with Gasteiger partial charge in [-0.1, -0.05) is 0 Å². The van der Waals surface area contributed by atoms with Crippen LogP contribution in [0.3, 0.4) is 0 Å². The van der Waals surface area contributed by atoms with Gasteiger partial charge in [-0.25, -0.2) is 9.59 Å². The molecular formula is C5H4F2O6. The fraction of sp³-hybridized carbons (Fsp3) is 0.600. The summed E-state index contributed by atoms with van der Waals surface area (Å²) in [5, 5.41) is 7.91. The summed E-state index contributed by atoms with van der Waals surface area (Å²) in [5.41, 5.74) is 0. The number of ether oxygens (including phenoxy) is 3. The van der Waals surface area contributed by atoms with Crippen LogP contribution >= 0.6 is 0 Å². The largest absolute Gasteiger partial charge is 0.510 e. The Balaban J connectivity index is 2.49. The average Bonchev–Trinajstić information content (AvgIpc) is 2.34. The van der Waals surface area contributed by atoms with Gasteiger partial charge in [0.05, 0.1) is 0 Å². The molecule has 0 spiro atoms. The highest BCUT2D eigenvalue weighted by atomic mass is 19.3. The first-order chi connectivity index (χ1) is 5.92. The summed E-state index contributed by atoms with van der Waals surface area (Å²) in [6, 6.07) is 0. The van der Waals surface area contributed by atoms with Gasteiger partial charge < -0.3 is 14.6 Å². The zero-order chi connectivity index (χ0) is 10.1. The second kappa shape index (κ2) is 3.13. The third kappa shape index (κ3) is 2.25. The minimum atomic E-state index is -4.39. The third-order valence-electron chi connectivity index (χ3n) is 1.09. The lowest BCUT2D eigenvalue weighted by Crippen LogP contribution is -2.36. The van der Waals surface area contributed by atoms with Crippen molar-refractivity contribution in [2.45, 2.75) is 12.4 Å². The van der Waals surface area contributed by atoms with Crippen molar-refractivity contribution >= 4 is 12.1 Å². The van der Waals surface area contributed by atoms with Crippen LogP contribution in [0.25, 0.3) is 0 Å². The summed E-state index contributed by atoms with van der Waals surface area (Å²) < 4.78 is 36.2. The number of halogens is 2. The molecule has 1 heterocycles. The van der Waals surface area contributed by atoms with Gasteiger partial charge in [0.1, 0.15) is 0 Å². The zero-order valence-corrected chi connectivity index (χ0v) is 6.03. The lowest BCUT2D eigenvalue weighted by molar-refractivity contribution is -0.290. The highest BCUT2D eigenvalue weighted by Crippen LogP contribution is 2.21. The predicted molar refractivity (Wildman–Crippen MR) is 29.9 cm³/mol. The minimum absolute atomic E-state index is 0.554. The van der Waals surface area contributed by atoms with Gasteiger partial charge in [-0.15, -0.1) is 0 Å². The van der Waals surface area contributed by atoms with E-state index in [0.29, 0.717) is 0 Å². The molecule has 0 saturated carbocycles. The molecule has 1 rings (SSSR count). The number of aliphatic carboxylic acids is 1. The van der Waals surface area contributed by atoms with Gasteiger partial charge >= 0.3 is 18.2 Å². The Morgan fingerprint density at radius 1 is 1.69 bits per heavy atom. The van der Waals surface area contributed by atoms with Crippen molar-refractivity contribution in [3.63, 3.8) is 0 Å². The molecule has 8 heteroatoms. The number of cyclic esters (lactones) is 2. The maximum atomic E-state index is 12.3. The molecule has 0 aliphatic carbocycles. The number of carboxylic acids is 1. The van der Waals surface area contributed by atoms with Gasteiger partial charge in [-0.3, -0.25) is 4.74 Å². The van der Waals surface area contributed by atoms with Crippen molar-refractivity contribution in [1.29, 1.82) is 0 Å². The van der Waals surface area contributed by atoms with Crippen molar-refractivity contribution in [1.82, 2.24) is 0 Å². The van der Waals surface area contributed by atoms with E-state index in [9.17, 15) is 18.4 Å². The lowest BCUT2D eigenvalue weighted by atomic mass is 10.6. The molecule has 0 amide bonds. The molecule has 1 aliphatic heterocycles. The molecule has 1 saturated heterocycles. The van der Waals surface area contributed by atoms with Crippen LogP contribution in [0.15, 0.2) is 0 Å². The first-order valence-corrected chi connectivity index (χ1v) is 3.04. The first-order valence-electron chi connectivity index (χ1n) is 3.04. The Bertz CT molecular complexity index is 239. The Morgan fingerprint density at radius 2 is 2.31 bits per heavy atom. The summed E-state index contributed by atoms with van der Waals surface area (Å²) in [5.74, 6) is -2.46. The van der Waals surface area contributed by atoms with Gasteiger partial charge in [0, 0.05) is 0 Å². The van der Waals surface area contributed by atoms with Gasteiger partial charge in [0.25, 0.3) is 0 Å². The normalized spacial score (nSPS) is 22.3. The number of alkyl halides is 2. The molecule has 0 bridgehead atoms. The molecule has 1 aliphatic rings. The Morgan fingerprint density at radius 3 is 2.69 bits per heavy atom. The second-order valence-electron chi connectivity index (χ2n) is 2.05. The highest BCUT2D eigenvalue weighted by Gasteiger charge is 2.46. The predicted octanol–water partition coefficient (Wildman–Crippen LogP) is 0.173. The van der Waals surface area contributed by atoms with E-state index >= 15 is 0 Å². The number of rotatable bonds is 3. The number of carboxylic acid groups (broad SMARTS) is 1. The van der Waals surface area contributed by atoms with Crippen LogP contribution in [-0.2, 0) is 19.0 Å². The maximum Gasteiger partial charge on any atom is 0.510 e. The fourth-order valence-corrected chi connectivity index (χ4v) is 0.585. The van der Waals surface area contributed by atoms with Crippen molar-refractivity contribution in [2.75, 3.05) is 6.61 Å². The Kier molecular flexibility index (Phi) is 2.32. The molecule has 0 aromatic heterocycles. The van der Waals surface area contributed by atoms with E-state index in [1.165, 1.54) is 0 Å². The molecule has 74 valence electrons. The summed E-state index contributed by atoms with van der Waals surface area (Å²) in [6.07, 6.45) is -7.25. The van der Waals surface area contributed by atoms with Crippen molar-refractivity contribution in [3.05, 3.63) is 0 Å². The van der Waals surface area contributed by atoms with Crippen LogP contribution in [0, 0.1) is 0 Å². The van der Waals surface area contributed by atoms with Crippen LogP contribution in [0.2, 0.25) is 0 Å². The number of hydrogen-bond acceptors (Lipinski definition) is 5. The molecule has 6 nitrogen and oxygen atoms in total. The molecule has 0 aromatic carbocycles. The zero-order valence-electron chi connectivity index (χ0n) is 6.03. The number of carbonyl (C=O) groups excluding carboxylic acids is 1. The molecular weight excluding hydrogens is 194 g/mol. The number of carbonyl (C=O) groups is 2. The van der Waals surface area contributed by atoms with E-state index < -0.39 is 31.1 Å². The molecule has 1 unspecified atom stereocenters. The standard InChI is InChI=1S/C5H4F2O6/c6-5(7,3(8)9)13-2-1-11-4(10)12-2/h2H,1H2,(H,8,9). The molecule has 1 atom stereocenters. The summed E-state index contributed by atoms with van der Waals surface area (Å²) in [4.78, 5) is 20.0. The summed E-state index contributed by atoms with van der Waals surface area (Å²) >= 11 is 0. The average molecular weight is 198 g/mol. The number of hydrogen-bond donors (Lipinski definition) is 1. The van der Waals surface area contributed by atoms with Crippen LogP contribution in [0.1, 0.15) is 0 Å². The summed E-state index contributed by atoms with van der Waals surface area (Å²) in [6.45, 7) is -0.554. The monoisotopic (exact) mass is 198 g/mol. The minimum Gasteiger partial charge on any atom is -0.475 e. The van der Waals surface area contributed by atoms with E-state index in [1.54, 1.807) is 0 Å². The Hall–Kier alpha value is -1.44. The van der Waals surface area contributed by atoms with Crippen molar-refractivity contribution in [2.24, 2.45) is 0 Å². The van der Waals surface area contributed by atoms with Crippen LogP contribution in [0.4, 0.5) is 13.6 Å². The van der Waals surface area contributed by atoms with Crippen molar-refractivity contribution < 1.29 is 37.7 Å². The van der Waals surface area contributed by atoms with E-state index in [0.717, 1.165) is 0 Å². The molecule has 1 N–H and O–H groups in total. The maximum absolute atomic E-state index is 12.3. The quantitative estimate of drug-likeness (QED) is 0.651. The first kappa shape index (κ1) is 9.65. The molecule has 0 aromatic rings. The van der Waals surface area contributed by atoms with E-state index in [4.69, 9.17) is 5.11 Å². The topological polar surface area (TPSA) is 82.1 Å². The van der Waals surface area contributed by atoms with Crippen LogP contribution in [-0.4, -0.2) is 36.2 Å². The van der Waals surface area contributed by atoms with Gasteiger partial charge in [0.15, 0.2) is 6.61 Å². The third-order valence-corrected chi connectivity index (χ3v) is 1.09. The van der Waals surface area contributed by atoms with Crippen LogP contribution < -0.4 is 0 Å². The van der Waals surface area contributed by atoms with E-state index in [-0.39, 0.29) is 0 Å². The van der Waals surface area contributed by atoms with Crippen molar-refractivity contribution in [3.8, 4) is 0 Å². The van der Waals surface area contributed by atoms with Gasteiger partial charge in [0.2, 0.25) is 6.29 Å². The smallest absolute Gasteiger partial charge is 0.475 e. The van der Waals surface area contributed by atoms with Crippen LogP contribution in [0.5, 0.6) is 0 Å². The van der Waals surface area contributed by atoms with Gasteiger partial charge in [-0.05, 0) is 0 Å². The lowest BCUT2D eigenvalue weighted by Gasteiger charge is -2.14. The Labute approximate surface area is 70.0 Å². The van der Waals surface area contributed by atoms with E-state index in [1.807, 2.05) is 0 Å². The second-order valence-corrected chi connectivity index (χ2v) is 2.05. The molecule has 1 fully saturated rings. The van der Waals surface area contributed by atoms with Gasteiger partial charge in [-0.2, -0.15) is 8.78 Å². The highest BCUT2D eigenvalue weighted by molar-refractivity contribution is 5.73. The summed E-state index contributed by atoms with van der Waals surface area (Å²) in [7, 11) is 0. The fourth-order valence-electron chi connectivity index (χ4n) is 0.585. The SMILES string of the molecule is O=C1OCC(OC(F)(F)C(=O)O)O1.